The summed E-state index contributed by atoms with van der Waals surface area (Å²) in [6.45, 7) is 1.78. The molecule has 0 aromatic heterocycles. The number of para-hydroxylation sites is 1. The minimum absolute atomic E-state index is 0.250. The second-order valence-corrected chi connectivity index (χ2v) is 9.28. The first-order chi connectivity index (χ1) is 13.3. The first-order valence-corrected chi connectivity index (χ1v) is 11.5. The van der Waals surface area contributed by atoms with Crippen LogP contribution in [0.15, 0.2) is 59.6 Å². The van der Waals surface area contributed by atoms with E-state index >= 15 is 0 Å². The molecule has 4 rings (SSSR count). The van der Waals surface area contributed by atoms with Gasteiger partial charge in [0.25, 0.3) is 0 Å². The van der Waals surface area contributed by atoms with Crippen LogP contribution in [0.2, 0.25) is 0 Å². The molecular weight excluding hydrogens is 372 g/mol. The topological polar surface area (TPSA) is 32.7 Å². The summed E-state index contributed by atoms with van der Waals surface area (Å²) < 4.78 is 1.01. The third-order valence-corrected chi connectivity index (χ3v) is 7.44. The third kappa shape index (κ3) is 4.96. The predicted molar refractivity (Wildman–Crippen MR) is 117 cm³/mol. The molecule has 140 valence electrons. The molecule has 3 nitrogen and oxygen atoms in total. The quantitative estimate of drug-likeness (QED) is 0.718. The zero-order valence-electron chi connectivity index (χ0n) is 15.3. The van der Waals surface area contributed by atoms with Gasteiger partial charge in [-0.05, 0) is 42.4 Å². The van der Waals surface area contributed by atoms with E-state index in [1.165, 1.54) is 11.1 Å². The number of thioether (sulfide) groups is 2. The smallest absolute Gasteiger partial charge is 0.233 e. The van der Waals surface area contributed by atoms with Gasteiger partial charge in [0.2, 0.25) is 5.91 Å². The van der Waals surface area contributed by atoms with Crippen molar-refractivity contribution in [3.8, 4) is 0 Å². The van der Waals surface area contributed by atoms with E-state index in [2.05, 4.69) is 48.5 Å². The van der Waals surface area contributed by atoms with Gasteiger partial charge in [0.05, 0.1) is 11.4 Å². The van der Waals surface area contributed by atoms with Crippen molar-refractivity contribution in [3.05, 3.63) is 65.7 Å². The number of benzene rings is 2. The number of aliphatic imine (C=N–C) groups is 1. The van der Waals surface area contributed by atoms with Crippen molar-refractivity contribution < 1.29 is 4.79 Å². The molecule has 27 heavy (non-hydrogen) atoms. The van der Waals surface area contributed by atoms with Crippen molar-refractivity contribution in [2.45, 2.75) is 25.0 Å². The molecule has 0 bridgehead atoms. The molecule has 2 aliphatic rings. The van der Waals surface area contributed by atoms with Crippen LogP contribution < -0.4 is 0 Å². The van der Waals surface area contributed by atoms with E-state index in [4.69, 9.17) is 4.99 Å². The number of amides is 1. The predicted octanol–water partition coefficient (Wildman–Crippen LogP) is 5.14. The van der Waals surface area contributed by atoms with Crippen molar-refractivity contribution in [1.29, 1.82) is 0 Å². The summed E-state index contributed by atoms with van der Waals surface area (Å²) in [6.07, 6.45) is 3.34. The van der Waals surface area contributed by atoms with Gasteiger partial charge < -0.3 is 4.90 Å². The summed E-state index contributed by atoms with van der Waals surface area (Å²) in [5, 5.41) is 0. The minimum Gasteiger partial charge on any atom is -0.342 e. The Labute approximate surface area is 169 Å². The highest BCUT2D eigenvalue weighted by atomic mass is 32.2. The number of carbonyl (C=O) groups is 1. The Bertz CT molecular complexity index is 814. The van der Waals surface area contributed by atoms with Crippen molar-refractivity contribution >= 4 is 39.5 Å². The van der Waals surface area contributed by atoms with E-state index < -0.39 is 0 Å². The Morgan fingerprint density at radius 3 is 2.63 bits per heavy atom. The molecule has 1 saturated heterocycles. The van der Waals surface area contributed by atoms with Gasteiger partial charge in [-0.1, -0.05) is 72.1 Å². The fraction of sp³-hybridized carbons (Fsp3) is 0.364. The Balaban J connectivity index is 1.24. The Kier molecular flexibility index (Phi) is 6.20. The minimum atomic E-state index is 0.250. The molecule has 0 unspecified atom stereocenters. The molecule has 2 aliphatic heterocycles. The molecule has 5 heteroatoms. The number of nitrogens with zero attached hydrogens (tertiary/aromatic N) is 2. The van der Waals surface area contributed by atoms with Crippen molar-refractivity contribution in [3.63, 3.8) is 0 Å². The van der Waals surface area contributed by atoms with E-state index in [-0.39, 0.29) is 5.91 Å². The monoisotopic (exact) mass is 396 g/mol. The number of likely N-dealkylation sites (tertiary alicyclic amines) is 1. The number of fused-ring (bicyclic) bond motifs is 1. The van der Waals surface area contributed by atoms with E-state index in [9.17, 15) is 4.79 Å². The SMILES string of the molecule is O=C(CSC1=Nc2ccccc2CS1)N1CCC(Cc2ccccc2)CC1. The van der Waals surface area contributed by atoms with Crippen LogP contribution in [0.25, 0.3) is 0 Å². The van der Waals surface area contributed by atoms with Crippen molar-refractivity contribution in [2.24, 2.45) is 10.9 Å². The van der Waals surface area contributed by atoms with Crippen molar-refractivity contribution in [1.82, 2.24) is 4.90 Å². The zero-order valence-corrected chi connectivity index (χ0v) is 17.0. The summed E-state index contributed by atoms with van der Waals surface area (Å²) >= 11 is 3.33. The fourth-order valence-corrected chi connectivity index (χ4v) is 5.60. The van der Waals surface area contributed by atoms with Crippen LogP contribution in [-0.2, 0) is 17.0 Å². The number of rotatable bonds is 4. The molecule has 0 N–H and O–H groups in total. The van der Waals surface area contributed by atoms with Crippen LogP contribution in [0.4, 0.5) is 5.69 Å². The first kappa shape index (κ1) is 18.6. The average molecular weight is 397 g/mol. The van der Waals surface area contributed by atoms with Crippen LogP contribution >= 0.6 is 23.5 Å². The third-order valence-electron chi connectivity index (χ3n) is 5.21. The summed E-state index contributed by atoms with van der Waals surface area (Å²) in [7, 11) is 0. The number of hydrogen-bond donors (Lipinski definition) is 0. The highest BCUT2D eigenvalue weighted by molar-refractivity contribution is 8.38. The number of hydrogen-bond acceptors (Lipinski definition) is 4. The van der Waals surface area contributed by atoms with E-state index in [1.54, 1.807) is 23.5 Å². The molecule has 1 fully saturated rings. The number of piperidine rings is 1. The van der Waals surface area contributed by atoms with Gasteiger partial charge in [-0.3, -0.25) is 4.79 Å². The molecular formula is C22H24N2OS2. The summed E-state index contributed by atoms with van der Waals surface area (Å²) in [5.74, 6) is 2.39. The lowest BCUT2D eigenvalue weighted by molar-refractivity contribution is -0.129. The zero-order chi connectivity index (χ0) is 18.5. The maximum atomic E-state index is 12.6. The molecule has 0 atom stereocenters. The maximum Gasteiger partial charge on any atom is 0.233 e. The second kappa shape index (κ2) is 8.98. The summed E-state index contributed by atoms with van der Waals surface area (Å²) in [5.41, 5.74) is 3.73. The molecule has 2 aromatic carbocycles. The second-order valence-electron chi connectivity index (χ2n) is 7.10. The van der Waals surface area contributed by atoms with Crippen LogP contribution in [0.3, 0.4) is 0 Å². The molecule has 1 amide bonds. The van der Waals surface area contributed by atoms with E-state index in [1.807, 2.05) is 11.0 Å². The van der Waals surface area contributed by atoms with Crippen LogP contribution in [-0.4, -0.2) is 34.0 Å². The summed E-state index contributed by atoms with van der Waals surface area (Å²) in [6, 6.07) is 18.9. The largest absolute Gasteiger partial charge is 0.342 e. The van der Waals surface area contributed by atoms with Gasteiger partial charge in [0, 0.05) is 18.8 Å². The van der Waals surface area contributed by atoms with Gasteiger partial charge in [-0.2, -0.15) is 0 Å². The highest BCUT2D eigenvalue weighted by Gasteiger charge is 2.23. The van der Waals surface area contributed by atoms with Crippen LogP contribution in [0.1, 0.15) is 24.0 Å². The van der Waals surface area contributed by atoms with E-state index in [0.717, 1.165) is 48.2 Å². The van der Waals surface area contributed by atoms with E-state index in [0.29, 0.717) is 11.7 Å². The van der Waals surface area contributed by atoms with Gasteiger partial charge in [-0.15, -0.1) is 0 Å². The lowest BCUT2D eigenvalue weighted by atomic mass is 9.90. The van der Waals surface area contributed by atoms with Gasteiger partial charge in [0.1, 0.15) is 4.38 Å². The van der Waals surface area contributed by atoms with Crippen molar-refractivity contribution in [2.75, 3.05) is 18.8 Å². The lowest BCUT2D eigenvalue weighted by Gasteiger charge is -2.32. The summed E-state index contributed by atoms with van der Waals surface area (Å²) in [4.78, 5) is 19.3. The molecule has 2 aromatic rings. The highest BCUT2D eigenvalue weighted by Crippen LogP contribution is 2.34. The Morgan fingerprint density at radius 2 is 1.81 bits per heavy atom. The van der Waals surface area contributed by atoms with Crippen LogP contribution in [0, 0.1) is 5.92 Å². The Morgan fingerprint density at radius 1 is 1.07 bits per heavy atom. The standard InChI is InChI=1S/C22H24N2OS2/c25-21(16-27-22-23-20-9-5-4-8-19(20)15-26-22)24-12-10-18(11-13-24)14-17-6-2-1-3-7-17/h1-9,18H,10-16H2. The average Bonchev–Trinajstić information content (AvgIpc) is 2.73. The fourth-order valence-electron chi connectivity index (χ4n) is 3.63. The molecule has 0 aliphatic carbocycles. The van der Waals surface area contributed by atoms with Crippen LogP contribution in [0.5, 0.6) is 0 Å². The normalized spacial score (nSPS) is 17.3. The van der Waals surface area contributed by atoms with Gasteiger partial charge in [-0.25, -0.2) is 4.99 Å². The molecule has 0 radical (unpaired) electrons. The van der Waals surface area contributed by atoms with Gasteiger partial charge in [0.15, 0.2) is 0 Å². The molecule has 0 saturated carbocycles. The molecule has 0 spiro atoms. The Hall–Kier alpha value is -1.72. The first-order valence-electron chi connectivity index (χ1n) is 9.52. The maximum absolute atomic E-state index is 12.6. The lowest BCUT2D eigenvalue weighted by Crippen LogP contribution is -2.40. The number of carbonyl (C=O) groups excluding carboxylic acids is 1. The van der Waals surface area contributed by atoms with Gasteiger partial charge >= 0.3 is 0 Å². The molecule has 2 heterocycles.